The van der Waals surface area contributed by atoms with Crippen LogP contribution in [0.2, 0.25) is 0 Å². The Morgan fingerprint density at radius 2 is 2.25 bits per heavy atom. The van der Waals surface area contributed by atoms with Crippen LogP contribution in [0.5, 0.6) is 0 Å². The van der Waals surface area contributed by atoms with E-state index in [1.165, 1.54) is 0 Å². The number of ether oxygens (including phenoxy) is 1. The number of thioether (sulfide) groups is 1. The fourth-order valence-electron chi connectivity index (χ4n) is 1.20. The van der Waals surface area contributed by atoms with E-state index in [2.05, 4.69) is 4.98 Å². The van der Waals surface area contributed by atoms with Crippen LogP contribution in [0.3, 0.4) is 0 Å². The van der Waals surface area contributed by atoms with Crippen LogP contribution in [0, 0.1) is 0 Å². The highest BCUT2D eigenvalue weighted by Crippen LogP contribution is 2.18. The molecule has 0 saturated carbocycles. The number of rotatable bonds is 7. The molecule has 0 radical (unpaired) electrons. The van der Waals surface area contributed by atoms with Gasteiger partial charge in [0.25, 0.3) is 0 Å². The summed E-state index contributed by atoms with van der Waals surface area (Å²) in [5, 5.41) is 8.86. The Labute approximate surface area is 99.0 Å². The van der Waals surface area contributed by atoms with Crippen LogP contribution in [0.4, 0.5) is 0 Å². The van der Waals surface area contributed by atoms with Crippen LogP contribution in [-0.2, 0) is 9.53 Å². The Hall–Kier alpha value is -1.07. The maximum Gasteiger partial charge on any atom is 0.332 e. The molecule has 0 bridgehead atoms. The van der Waals surface area contributed by atoms with Gasteiger partial charge in [-0.15, -0.1) is 11.8 Å². The number of hydrogen-bond donors (Lipinski definition) is 1. The Morgan fingerprint density at radius 1 is 1.56 bits per heavy atom. The van der Waals surface area contributed by atoms with Gasteiger partial charge in [0.05, 0.1) is 0 Å². The third-order valence-electron chi connectivity index (χ3n) is 1.94. The lowest BCUT2D eigenvalue weighted by Gasteiger charge is -2.11. The Morgan fingerprint density at radius 3 is 2.81 bits per heavy atom. The van der Waals surface area contributed by atoms with Crippen LogP contribution in [-0.4, -0.2) is 34.5 Å². The first-order chi connectivity index (χ1) is 7.74. The zero-order chi connectivity index (χ0) is 11.8. The second-order valence-electron chi connectivity index (χ2n) is 3.10. The van der Waals surface area contributed by atoms with E-state index in [4.69, 9.17) is 9.84 Å². The molecule has 1 rings (SSSR count). The second-order valence-corrected chi connectivity index (χ2v) is 4.27. The first kappa shape index (κ1) is 13.0. The molecule has 4 nitrogen and oxygen atoms in total. The van der Waals surface area contributed by atoms with E-state index in [9.17, 15) is 4.79 Å². The summed E-state index contributed by atoms with van der Waals surface area (Å²) in [5.74, 6) is -0.168. The van der Waals surface area contributed by atoms with Crippen molar-refractivity contribution in [2.45, 2.75) is 24.3 Å². The van der Waals surface area contributed by atoms with Gasteiger partial charge in [0.2, 0.25) is 0 Å². The standard InChI is InChI=1S/C11H15NO3S/c1-2-15-10(11(13)14)5-8-16-9-3-6-12-7-4-9/h3-4,6-7,10H,2,5,8H2,1H3,(H,13,14). The molecule has 0 aliphatic carbocycles. The van der Waals surface area contributed by atoms with Crippen LogP contribution >= 0.6 is 11.8 Å². The molecule has 1 aromatic heterocycles. The van der Waals surface area contributed by atoms with E-state index in [1.807, 2.05) is 12.1 Å². The minimum absolute atomic E-state index is 0.427. The lowest BCUT2D eigenvalue weighted by molar-refractivity contribution is -0.150. The molecule has 1 heterocycles. The normalized spacial score (nSPS) is 12.3. The van der Waals surface area contributed by atoms with Gasteiger partial charge >= 0.3 is 5.97 Å². The van der Waals surface area contributed by atoms with Gasteiger partial charge < -0.3 is 9.84 Å². The summed E-state index contributed by atoms with van der Waals surface area (Å²) < 4.78 is 5.12. The number of nitrogens with zero attached hydrogens (tertiary/aromatic N) is 1. The van der Waals surface area contributed by atoms with Gasteiger partial charge in [-0.1, -0.05) is 0 Å². The number of aromatic nitrogens is 1. The van der Waals surface area contributed by atoms with Crippen molar-refractivity contribution in [3.63, 3.8) is 0 Å². The quantitative estimate of drug-likeness (QED) is 0.740. The molecular weight excluding hydrogens is 226 g/mol. The number of carbonyl (C=O) groups is 1. The zero-order valence-corrected chi connectivity index (χ0v) is 9.94. The number of carboxylic acids is 1. The van der Waals surface area contributed by atoms with Gasteiger partial charge in [-0.05, 0) is 25.5 Å². The third-order valence-corrected chi connectivity index (χ3v) is 2.99. The SMILES string of the molecule is CCOC(CCSc1ccncc1)C(=O)O. The zero-order valence-electron chi connectivity index (χ0n) is 9.13. The fourth-order valence-corrected chi connectivity index (χ4v) is 2.08. The van der Waals surface area contributed by atoms with Crippen molar-refractivity contribution in [3.8, 4) is 0 Å². The summed E-state index contributed by atoms with van der Waals surface area (Å²) in [6.07, 6.45) is 3.26. The van der Waals surface area contributed by atoms with E-state index in [-0.39, 0.29) is 0 Å². The first-order valence-electron chi connectivity index (χ1n) is 5.11. The summed E-state index contributed by atoms with van der Waals surface area (Å²) in [7, 11) is 0. The minimum atomic E-state index is -0.892. The first-order valence-corrected chi connectivity index (χ1v) is 6.09. The highest BCUT2D eigenvalue weighted by atomic mass is 32.2. The van der Waals surface area contributed by atoms with E-state index in [0.29, 0.717) is 13.0 Å². The van der Waals surface area contributed by atoms with Crippen molar-refractivity contribution < 1.29 is 14.6 Å². The van der Waals surface area contributed by atoms with E-state index in [0.717, 1.165) is 10.6 Å². The van der Waals surface area contributed by atoms with E-state index < -0.39 is 12.1 Å². The van der Waals surface area contributed by atoms with Crippen LogP contribution < -0.4 is 0 Å². The van der Waals surface area contributed by atoms with Gasteiger partial charge in [0.1, 0.15) is 0 Å². The third kappa shape index (κ3) is 4.63. The molecule has 16 heavy (non-hydrogen) atoms. The molecule has 88 valence electrons. The fraction of sp³-hybridized carbons (Fsp3) is 0.455. The summed E-state index contributed by atoms with van der Waals surface area (Å²) in [5.41, 5.74) is 0. The molecule has 0 aliphatic heterocycles. The Balaban J connectivity index is 2.31. The molecule has 0 aliphatic rings. The number of aliphatic carboxylic acids is 1. The van der Waals surface area contributed by atoms with Gasteiger partial charge in [-0.3, -0.25) is 4.98 Å². The average Bonchev–Trinajstić information content (AvgIpc) is 2.29. The van der Waals surface area contributed by atoms with Crippen LogP contribution in [0.15, 0.2) is 29.4 Å². The molecule has 1 N–H and O–H groups in total. The van der Waals surface area contributed by atoms with Crippen molar-refractivity contribution in [1.82, 2.24) is 4.98 Å². The molecular formula is C11H15NO3S. The topological polar surface area (TPSA) is 59.4 Å². The van der Waals surface area contributed by atoms with Gasteiger partial charge in [-0.2, -0.15) is 0 Å². The maximum absolute atomic E-state index is 10.8. The molecule has 1 aromatic rings. The predicted octanol–water partition coefficient (Wildman–Crippen LogP) is 2.05. The van der Waals surface area contributed by atoms with Crippen molar-refractivity contribution in [2.75, 3.05) is 12.4 Å². The second kappa shape index (κ2) is 7.24. The molecule has 1 atom stereocenters. The van der Waals surface area contributed by atoms with Crippen molar-refractivity contribution in [1.29, 1.82) is 0 Å². The summed E-state index contributed by atoms with van der Waals surface area (Å²) in [6.45, 7) is 2.23. The highest BCUT2D eigenvalue weighted by Gasteiger charge is 2.16. The summed E-state index contributed by atoms with van der Waals surface area (Å²) in [6, 6.07) is 3.81. The van der Waals surface area contributed by atoms with Crippen molar-refractivity contribution in [2.24, 2.45) is 0 Å². The molecule has 0 saturated heterocycles. The van der Waals surface area contributed by atoms with Crippen molar-refractivity contribution in [3.05, 3.63) is 24.5 Å². The van der Waals surface area contributed by atoms with Crippen LogP contribution in [0.25, 0.3) is 0 Å². The number of carboxylic acid groups (broad SMARTS) is 1. The number of pyridine rings is 1. The van der Waals surface area contributed by atoms with Gasteiger partial charge in [-0.25, -0.2) is 4.79 Å². The monoisotopic (exact) mass is 241 g/mol. The smallest absolute Gasteiger partial charge is 0.332 e. The highest BCUT2D eigenvalue weighted by molar-refractivity contribution is 7.99. The van der Waals surface area contributed by atoms with Gasteiger partial charge in [0, 0.05) is 29.6 Å². The lowest BCUT2D eigenvalue weighted by Crippen LogP contribution is -2.24. The predicted molar refractivity (Wildman–Crippen MR) is 62.6 cm³/mol. The van der Waals surface area contributed by atoms with Crippen LogP contribution in [0.1, 0.15) is 13.3 Å². The van der Waals surface area contributed by atoms with Crippen molar-refractivity contribution >= 4 is 17.7 Å². The number of hydrogen-bond acceptors (Lipinski definition) is 4. The maximum atomic E-state index is 10.8. The minimum Gasteiger partial charge on any atom is -0.479 e. The largest absolute Gasteiger partial charge is 0.479 e. The lowest BCUT2D eigenvalue weighted by atomic mass is 10.3. The molecule has 0 spiro atoms. The molecule has 0 fully saturated rings. The Bertz CT molecular complexity index is 318. The molecule has 1 unspecified atom stereocenters. The van der Waals surface area contributed by atoms with Gasteiger partial charge in [0.15, 0.2) is 6.10 Å². The summed E-state index contributed by atoms with van der Waals surface area (Å²) >= 11 is 1.61. The van der Waals surface area contributed by atoms with E-state index >= 15 is 0 Å². The molecule has 0 amide bonds. The Kier molecular flexibility index (Phi) is 5.88. The molecule has 5 heteroatoms. The van der Waals surface area contributed by atoms with E-state index in [1.54, 1.807) is 31.1 Å². The summed E-state index contributed by atoms with van der Waals surface area (Å²) in [4.78, 5) is 15.8. The molecule has 0 aromatic carbocycles. The average molecular weight is 241 g/mol.